The first kappa shape index (κ1) is 63.3. The number of carbonyl (C=O) groups is 6. The van der Waals surface area contributed by atoms with Gasteiger partial charge in [0.15, 0.2) is 11.9 Å². The van der Waals surface area contributed by atoms with E-state index in [2.05, 4.69) is 20.7 Å². The summed E-state index contributed by atoms with van der Waals surface area (Å²) >= 11 is 0. The minimum Gasteiger partial charge on any atom is -0.480 e. The van der Waals surface area contributed by atoms with Crippen molar-refractivity contribution in [1.82, 2.24) is 4.98 Å². The van der Waals surface area contributed by atoms with Gasteiger partial charge in [-0.25, -0.2) is 0 Å². The number of guanidine groups is 2. The van der Waals surface area contributed by atoms with Gasteiger partial charge in [-0.15, -0.1) is 0 Å². The fraction of sp³-hybridized carbons (Fsp3) is 0.450. The van der Waals surface area contributed by atoms with E-state index in [9.17, 15) is 28.8 Å². The van der Waals surface area contributed by atoms with E-state index in [0.29, 0.717) is 64.6 Å². The number of aromatic nitrogens is 1. The van der Waals surface area contributed by atoms with Crippen LogP contribution in [0.3, 0.4) is 0 Å². The highest BCUT2D eigenvalue weighted by molar-refractivity contribution is 5.84. The SMILES string of the molecule is NC(Cc1c[nH]c2ccccc12)C(=O)O.NC(Cc1ccccc1)C(=O)O.NC(N)=NCCCC(N)C(=O)O.NC(N)=NCCCC(N)C(=O)O.NCC(=O)O.NCCCCC(N)C(=O)O. The van der Waals surface area contributed by atoms with Gasteiger partial charge in [0.1, 0.15) is 30.2 Å². The molecule has 0 aliphatic heterocycles. The van der Waals surface area contributed by atoms with Crippen LogP contribution in [0, 0.1) is 0 Å². The first-order valence-electron chi connectivity index (χ1n) is 20.1. The maximum atomic E-state index is 10.6. The molecule has 5 unspecified atom stereocenters. The maximum Gasteiger partial charge on any atom is 0.320 e. The molecule has 5 atom stereocenters. The van der Waals surface area contributed by atoms with E-state index in [4.69, 9.17) is 88.0 Å². The summed E-state index contributed by atoms with van der Waals surface area (Å²) in [5, 5.41) is 51.0. The van der Waals surface area contributed by atoms with Crippen molar-refractivity contribution in [2.75, 3.05) is 26.2 Å². The molecule has 0 fully saturated rings. The standard InChI is InChI=1S/C11H12N2O2.C9H11NO2.2C6H14N4O2.C6H14N2O2.C2H5NO2/c12-9(11(14)15)5-7-6-13-10-4-2-1-3-8(7)10;10-8(9(11)12)6-7-4-2-1-3-5-7;2*7-4(5(11)12)2-1-3-10-6(8)9;7-4-2-1-3-5(8)6(9)10;3-1-2(4)5/h1-4,6,9,13H,5,12H2,(H,14,15);1-5,8H,6,10H2,(H,11,12);2*4H,1-3,7H2,(H,11,12)(H4,8,9,10);5H,1-4,7-8H2,(H,9,10);1,3H2,(H,4,5). The Labute approximate surface area is 381 Å². The quantitative estimate of drug-likeness (QED) is 0.0275. The van der Waals surface area contributed by atoms with Crippen molar-refractivity contribution in [3.05, 3.63) is 71.9 Å². The molecule has 26 nitrogen and oxygen atoms in total. The number of hydrogen-bond donors (Lipinski definition) is 18. The van der Waals surface area contributed by atoms with Crippen molar-refractivity contribution in [3.63, 3.8) is 0 Å². The summed E-state index contributed by atoms with van der Waals surface area (Å²) in [6.45, 7) is 1.17. The highest BCUT2D eigenvalue weighted by Gasteiger charge is 2.15. The van der Waals surface area contributed by atoms with Crippen LogP contribution in [-0.4, -0.2) is 140 Å². The Hall–Kier alpha value is -6.94. The smallest absolute Gasteiger partial charge is 0.320 e. The zero-order chi connectivity index (χ0) is 51.2. The molecule has 1 heterocycles. The molecule has 2 aromatic carbocycles. The Morgan fingerprint density at radius 1 is 0.515 bits per heavy atom. The molecule has 0 radical (unpaired) electrons. The normalized spacial score (nSPS) is 12.1. The Balaban J connectivity index is -0.000000737. The molecule has 26 heteroatoms. The maximum absolute atomic E-state index is 10.6. The lowest BCUT2D eigenvalue weighted by atomic mass is 10.1. The van der Waals surface area contributed by atoms with Crippen molar-refractivity contribution in [1.29, 1.82) is 0 Å². The van der Waals surface area contributed by atoms with Crippen molar-refractivity contribution < 1.29 is 59.4 Å². The summed E-state index contributed by atoms with van der Waals surface area (Å²) in [7, 11) is 0. The summed E-state index contributed by atoms with van der Waals surface area (Å²) < 4.78 is 0. The first-order chi connectivity index (χ1) is 30.9. The molecule has 372 valence electrons. The zero-order valence-corrected chi connectivity index (χ0v) is 36.7. The van der Waals surface area contributed by atoms with Gasteiger partial charge in [0.25, 0.3) is 0 Å². The highest BCUT2D eigenvalue weighted by atomic mass is 16.4. The minimum atomic E-state index is -1.00. The molecule has 3 aromatic rings. The third kappa shape index (κ3) is 36.5. The number of nitrogens with zero attached hydrogens (tertiary/aromatic N) is 2. The Morgan fingerprint density at radius 2 is 0.894 bits per heavy atom. The molecule has 0 saturated carbocycles. The largest absolute Gasteiger partial charge is 0.480 e. The summed E-state index contributed by atoms with van der Waals surface area (Å²) in [4.78, 5) is 71.3. The second-order valence-corrected chi connectivity index (χ2v) is 13.8. The number of aliphatic imine (C=N–C) groups is 2. The molecular weight excluding hydrogens is 869 g/mol. The number of H-pyrrole nitrogens is 1. The average molecular weight is 939 g/mol. The van der Waals surface area contributed by atoms with Gasteiger partial charge in [-0.2, -0.15) is 0 Å². The minimum absolute atomic E-state index is 0.0129. The van der Waals surface area contributed by atoms with Gasteiger partial charge in [-0.1, -0.05) is 55.0 Å². The molecule has 1 aromatic heterocycles. The lowest BCUT2D eigenvalue weighted by Crippen LogP contribution is -2.32. The summed E-state index contributed by atoms with van der Waals surface area (Å²) in [5.41, 5.74) is 59.4. The molecule has 3 rings (SSSR count). The second-order valence-electron chi connectivity index (χ2n) is 13.8. The topological polar surface area (TPSA) is 551 Å². The van der Waals surface area contributed by atoms with Crippen LogP contribution in [0.25, 0.3) is 10.9 Å². The van der Waals surface area contributed by atoms with Crippen LogP contribution in [0.1, 0.15) is 56.1 Å². The average Bonchev–Trinajstić information content (AvgIpc) is 3.67. The van der Waals surface area contributed by atoms with Gasteiger partial charge in [0.2, 0.25) is 0 Å². The van der Waals surface area contributed by atoms with Crippen LogP contribution >= 0.6 is 0 Å². The number of para-hydroxylation sites is 1. The lowest BCUT2D eigenvalue weighted by Gasteiger charge is -2.04. The van der Waals surface area contributed by atoms with Crippen molar-refractivity contribution in [2.45, 2.75) is 88.0 Å². The van der Waals surface area contributed by atoms with E-state index in [1.54, 1.807) is 0 Å². The molecule has 0 saturated heterocycles. The number of aromatic amines is 1. The van der Waals surface area contributed by atoms with Crippen LogP contribution in [0.4, 0.5) is 0 Å². The van der Waals surface area contributed by atoms with E-state index >= 15 is 0 Å². The molecule has 0 amide bonds. The number of carboxylic acid groups (broad SMARTS) is 6. The second kappa shape index (κ2) is 38.5. The van der Waals surface area contributed by atoms with E-state index in [1.807, 2.05) is 60.8 Å². The molecule has 0 bridgehead atoms. The predicted molar refractivity (Wildman–Crippen MR) is 250 cm³/mol. The van der Waals surface area contributed by atoms with Crippen LogP contribution in [0.15, 0.2) is 70.8 Å². The van der Waals surface area contributed by atoms with Gasteiger partial charge in [0.05, 0.1) is 6.54 Å². The summed E-state index contributed by atoms with van der Waals surface area (Å²) in [6, 6.07) is 13.1. The Morgan fingerprint density at radius 3 is 1.27 bits per heavy atom. The van der Waals surface area contributed by atoms with Crippen molar-refractivity contribution in [3.8, 4) is 0 Å². The van der Waals surface area contributed by atoms with E-state index in [1.165, 1.54) is 0 Å². The fourth-order valence-corrected chi connectivity index (χ4v) is 4.50. The van der Waals surface area contributed by atoms with Gasteiger partial charge < -0.3 is 98.7 Å². The first-order valence-corrected chi connectivity index (χ1v) is 20.1. The predicted octanol–water partition coefficient (Wildman–Crippen LogP) is -2.78. The number of fused-ring (bicyclic) bond motifs is 1. The number of carboxylic acids is 6. The Kier molecular flexibility index (Phi) is 37.0. The van der Waals surface area contributed by atoms with Crippen LogP contribution in [-0.2, 0) is 41.6 Å². The van der Waals surface area contributed by atoms with E-state index in [-0.39, 0.29) is 18.5 Å². The number of hydrogen-bond acceptors (Lipinski definition) is 15. The summed E-state index contributed by atoms with van der Waals surface area (Å²) in [6.07, 6.45) is 6.62. The van der Waals surface area contributed by atoms with Gasteiger partial charge in [-0.3, -0.25) is 38.8 Å². The molecule has 29 N–H and O–H groups in total. The van der Waals surface area contributed by atoms with Gasteiger partial charge >= 0.3 is 35.8 Å². The number of benzene rings is 2. The van der Waals surface area contributed by atoms with Gasteiger partial charge in [0, 0.05) is 36.6 Å². The molecule has 0 aliphatic rings. The Bertz CT molecular complexity index is 1850. The van der Waals surface area contributed by atoms with Gasteiger partial charge in [-0.05, 0) is 68.7 Å². The lowest BCUT2D eigenvalue weighted by molar-refractivity contribution is -0.139. The number of aliphatic carboxylic acids is 6. The van der Waals surface area contributed by atoms with E-state index in [0.717, 1.165) is 34.9 Å². The molecule has 0 aliphatic carbocycles. The molecule has 0 spiro atoms. The number of nitrogens with one attached hydrogen (secondary N) is 1. The number of nitrogens with two attached hydrogens (primary N) is 11. The van der Waals surface area contributed by atoms with Crippen LogP contribution < -0.4 is 63.1 Å². The van der Waals surface area contributed by atoms with Crippen molar-refractivity contribution in [2.24, 2.45) is 73.1 Å². The molecular formula is C40H70N14O12. The van der Waals surface area contributed by atoms with Crippen LogP contribution in [0.2, 0.25) is 0 Å². The third-order valence-corrected chi connectivity index (χ3v) is 8.08. The van der Waals surface area contributed by atoms with E-state index < -0.39 is 66.0 Å². The van der Waals surface area contributed by atoms with Crippen LogP contribution in [0.5, 0.6) is 0 Å². The third-order valence-electron chi connectivity index (χ3n) is 8.08. The summed E-state index contributed by atoms with van der Waals surface area (Å²) in [5.74, 6) is -5.81. The number of rotatable bonds is 22. The van der Waals surface area contributed by atoms with Crippen molar-refractivity contribution >= 4 is 58.6 Å². The molecule has 66 heavy (non-hydrogen) atoms. The zero-order valence-electron chi connectivity index (χ0n) is 36.7. The number of unbranched alkanes of at least 4 members (excludes halogenated alkanes) is 1. The monoisotopic (exact) mass is 939 g/mol. The fourth-order valence-electron chi connectivity index (χ4n) is 4.50. The highest BCUT2D eigenvalue weighted by Crippen LogP contribution is 2.18.